The minimum Gasteiger partial charge on any atom is -0.481 e. The highest BCUT2D eigenvalue weighted by molar-refractivity contribution is 5.78. The molecule has 0 aromatic heterocycles. The van der Waals surface area contributed by atoms with E-state index in [4.69, 9.17) is 5.11 Å². The van der Waals surface area contributed by atoms with Crippen LogP contribution in [0.1, 0.15) is 46.0 Å². The van der Waals surface area contributed by atoms with E-state index in [9.17, 15) is 9.59 Å². The van der Waals surface area contributed by atoms with Gasteiger partial charge in [0.1, 0.15) is 0 Å². The van der Waals surface area contributed by atoms with Gasteiger partial charge in [0.15, 0.2) is 0 Å². The number of hydrogen-bond donors (Lipinski definition) is 2. The van der Waals surface area contributed by atoms with Gasteiger partial charge in [0.25, 0.3) is 0 Å². The molecule has 0 bridgehead atoms. The van der Waals surface area contributed by atoms with Crippen LogP contribution >= 0.6 is 0 Å². The fourth-order valence-corrected chi connectivity index (χ4v) is 2.18. The number of carbonyl (C=O) groups excluding carboxylic acids is 1. The Morgan fingerprint density at radius 3 is 2.58 bits per heavy atom. The maximum absolute atomic E-state index is 11.9. The molecule has 0 spiro atoms. The second kappa shape index (κ2) is 8.15. The standard InChI is InChI=1S/C14H26N2O3/c1-3-16(12-5-6-12)13(17)10-15-9-8-11(2)4-7-14(18)19/h11-12,15H,3-10H2,1-2H3,(H,18,19). The molecule has 0 aliphatic heterocycles. The van der Waals surface area contributed by atoms with Crippen LogP contribution in [0.15, 0.2) is 0 Å². The smallest absolute Gasteiger partial charge is 0.303 e. The van der Waals surface area contributed by atoms with Gasteiger partial charge in [0, 0.05) is 19.0 Å². The molecule has 1 amide bonds. The van der Waals surface area contributed by atoms with Crippen molar-refractivity contribution < 1.29 is 14.7 Å². The minimum atomic E-state index is -0.738. The maximum atomic E-state index is 11.9. The Morgan fingerprint density at radius 1 is 1.37 bits per heavy atom. The van der Waals surface area contributed by atoms with Crippen molar-refractivity contribution in [2.24, 2.45) is 5.92 Å². The first-order chi connectivity index (χ1) is 9.04. The third kappa shape index (κ3) is 6.57. The van der Waals surface area contributed by atoms with Crippen molar-refractivity contribution in [1.82, 2.24) is 10.2 Å². The molecule has 1 saturated carbocycles. The molecule has 0 saturated heterocycles. The predicted octanol–water partition coefficient (Wildman–Crippen LogP) is 1.48. The quantitative estimate of drug-likeness (QED) is 0.590. The molecule has 19 heavy (non-hydrogen) atoms. The molecule has 5 nitrogen and oxygen atoms in total. The number of carbonyl (C=O) groups is 2. The fourth-order valence-electron chi connectivity index (χ4n) is 2.18. The SMILES string of the molecule is CCN(C(=O)CNCCC(C)CCC(=O)O)C1CC1. The van der Waals surface area contributed by atoms with Crippen LogP contribution in [0, 0.1) is 5.92 Å². The van der Waals surface area contributed by atoms with Crippen LogP contribution in [0.3, 0.4) is 0 Å². The number of carboxylic acid groups (broad SMARTS) is 1. The summed E-state index contributed by atoms with van der Waals surface area (Å²) in [6, 6.07) is 0.480. The Bertz CT molecular complexity index is 303. The second-order valence-corrected chi connectivity index (χ2v) is 5.41. The van der Waals surface area contributed by atoms with Gasteiger partial charge in [-0.3, -0.25) is 9.59 Å². The normalized spacial score (nSPS) is 16.1. The van der Waals surface area contributed by atoms with Crippen molar-refractivity contribution in [2.75, 3.05) is 19.6 Å². The lowest BCUT2D eigenvalue weighted by atomic mass is 10.0. The third-order valence-electron chi connectivity index (χ3n) is 3.59. The van der Waals surface area contributed by atoms with E-state index in [-0.39, 0.29) is 12.3 Å². The van der Waals surface area contributed by atoms with Crippen molar-refractivity contribution in [1.29, 1.82) is 0 Å². The number of nitrogens with zero attached hydrogens (tertiary/aromatic N) is 1. The largest absolute Gasteiger partial charge is 0.481 e. The topological polar surface area (TPSA) is 69.6 Å². The van der Waals surface area contributed by atoms with Gasteiger partial charge >= 0.3 is 5.97 Å². The summed E-state index contributed by atoms with van der Waals surface area (Å²) in [7, 11) is 0. The number of aliphatic carboxylic acids is 1. The van der Waals surface area contributed by atoms with Gasteiger partial charge in [0.05, 0.1) is 6.54 Å². The van der Waals surface area contributed by atoms with Crippen LogP contribution in [0.4, 0.5) is 0 Å². The maximum Gasteiger partial charge on any atom is 0.303 e. The van der Waals surface area contributed by atoms with Crippen LogP contribution in [0.2, 0.25) is 0 Å². The van der Waals surface area contributed by atoms with Gasteiger partial charge in [-0.15, -0.1) is 0 Å². The van der Waals surface area contributed by atoms with Crippen LogP contribution in [-0.2, 0) is 9.59 Å². The number of nitrogens with one attached hydrogen (secondary N) is 1. The van der Waals surface area contributed by atoms with E-state index in [1.165, 1.54) is 0 Å². The Morgan fingerprint density at radius 2 is 2.05 bits per heavy atom. The molecule has 110 valence electrons. The first-order valence-corrected chi connectivity index (χ1v) is 7.26. The van der Waals surface area contributed by atoms with E-state index in [1.54, 1.807) is 0 Å². The van der Waals surface area contributed by atoms with Crippen LogP contribution < -0.4 is 5.32 Å². The summed E-state index contributed by atoms with van der Waals surface area (Å²) in [4.78, 5) is 24.3. The molecule has 0 heterocycles. The summed E-state index contributed by atoms with van der Waals surface area (Å²) >= 11 is 0. The number of likely N-dealkylation sites (N-methyl/N-ethyl adjacent to an activating group) is 1. The van der Waals surface area contributed by atoms with Gasteiger partial charge in [-0.25, -0.2) is 0 Å². The van der Waals surface area contributed by atoms with Crippen LogP contribution in [0.5, 0.6) is 0 Å². The minimum absolute atomic E-state index is 0.184. The van der Waals surface area contributed by atoms with E-state index in [1.807, 2.05) is 11.8 Å². The molecule has 5 heteroatoms. The van der Waals surface area contributed by atoms with Crippen LogP contribution in [-0.4, -0.2) is 47.6 Å². The summed E-state index contributed by atoms with van der Waals surface area (Å²) in [5, 5.41) is 11.7. The molecule has 1 unspecified atom stereocenters. The van der Waals surface area contributed by atoms with Crippen molar-refractivity contribution >= 4 is 11.9 Å². The van der Waals surface area contributed by atoms with Crippen molar-refractivity contribution in [3.8, 4) is 0 Å². The monoisotopic (exact) mass is 270 g/mol. The first-order valence-electron chi connectivity index (χ1n) is 7.26. The molecular formula is C14H26N2O3. The average Bonchev–Trinajstić information content (AvgIpc) is 3.17. The molecule has 1 aliphatic rings. The third-order valence-corrected chi connectivity index (χ3v) is 3.59. The van der Waals surface area contributed by atoms with Crippen molar-refractivity contribution in [3.05, 3.63) is 0 Å². The number of rotatable bonds is 10. The highest BCUT2D eigenvalue weighted by atomic mass is 16.4. The van der Waals surface area contributed by atoms with Crippen LogP contribution in [0.25, 0.3) is 0 Å². The zero-order valence-electron chi connectivity index (χ0n) is 12.0. The highest BCUT2D eigenvalue weighted by Gasteiger charge is 2.30. The molecular weight excluding hydrogens is 244 g/mol. The van der Waals surface area contributed by atoms with Gasteiger partial charge in [0.2, 0.25) is 5.91 Å². The average molecular weight is 270 g/mol. The highest BCUT2D eigenvalue weighted by Crippen LogP contribution is 2.26. The van der Waals surface area contributed by atoms with Crippen molar-refractivity contribution in [2.45, 2.75) is 52.0 Å². The van der Waals surface area contributed by atoms with Gasteiger partial charge < -0.3 is 15.3 Å². The molecule has 1 aliphatic carbocycles. The summed E-state index contributed by atoms with van der Waals surface area (Å²) < 4.78 is 0. The first kappa shape index (κ1) is 16.0. The van der Waals surface area contributed by atoms with Gasteiger partial charge in [-0.2, -0.15) is 0 Å². The Labute approximate surface area is 115 Å². The lowest BCUT2D eigenvalue weighted by molar-refractivity contribution is -0.137. The fraction of sp³-hybridized carbons (Fsp3) is 0.857. The van der Waals surface area contributed by atoms with E-state index >= 15 is 0 Å². The number of amides is 1. The molecule has 2 N–H and O–H groups in total. The molecule has 0 radical (unpaired) electrons. The van der Waals surface area contributed by atoms with E-state index in [0.29, 0.717) is 24.9 Å². The van der Waals surface area contributed by atoms with Gasteiger partial charge in [-0.05, 0) is 45.1 Å². The number of carboxylic acids is 1. The zero-order chi connectivity index (χ0) is 14.3. The molecule has 1 atom stereocenters. The lowest BCUT2D eigenvalue weighted by Crippen LogP contribution is -2.39. The summed E-state index contributed by atoms with van der Waals surface area (Å²) in [6.45, 7) is 6.03. The Balaban J connectivity index is 2.06. The van der Waals surface area contributed by atoms with E-state index in [2.05, 4.69) is 12.2 Å². The van der Waals surface area contributed by atoms with Crippen molar-refractivity contribution in [3.63, 3.8) is 0 Å². The molecule has 1 rings (SSSR count). The van der Waals surface area contributed by atoms with E-state index < -0.39 is 5.97 Å². The summed E-state index contributed by atoms with van der Waals surface area (Å²) in [5.41, 5.74) is 0. The second-order valence-electron chi connectivity index (χ2n) is 5.41. The number of hydrogen-bond acceptors (Lipinski definition) is 3. The lowest BCUT2D eigenvalue weighted by Gasteiger charge is -2.20. The predicted molar refractivity (Wildman–Crippen MR) is 73.9 cm³/mol. The molecule has 0 aromatic carbocycles. The van der Waals surface area contributed by atoms with Gasteiger partial charge in [-0.1, -0.05) is 6.92 Å². The summed E-state index contributed by atoms with van der Waals surface area (Å²) in [5.74, 6) is -0.175. The van der Waals surface area contributed by atoms with E-state index in [0.717, 1.165) is 32.4 Å². The Kier molecular flexibility index (Phi) is 6.84. The molecule has 0 aromatic rings. The zero-order valence-corrected chi connectivity index (χ0v) is 12.0. The molecule has 1 fully saturated rings. The summed E-state index contributed by atoms with van der Waals surface area (Å²) in [6.07, 6.45) is 4.13. The Hall–Kier alpha value is -1.10.